The number of benzene rings is 3. The monoisotopic (exact) mass is 457 g/mol. The van der Waals surface area contributed by atoms with Gasteiger partial charge >= 0.3 is 0 Å². The van der Waals surface area contributed by atoms with Gasteiger partial charge in [0.05, 0.1) is 30.9 Å². The zero-order valence-corrected chi connectivity index (χ0v) is 19.2. The highest BCUT2D eigenvalue weighted by molar-refractivity contribution is 6.37. The molecule has 0 aromatic heterocycles. The summed E-state index contributed by atoms with van der Waals surface area (Å²) in [6.45, 7) is 4.29. The molecule has 4 rings (SSSR count). The van der Waals surface area contributed by atoms with Crippen molar-refractivity contribution in [2.75, 3.05) is 20.2 Å². The van der Waals surface area contributed by atoms with Crippen LogP contribution in [0.1, 0.15) is 37.0 Å². The number of likely N-dealkylation sites (tertiary alicyclic amines) is 1. The zero-order chi connectivity index (χ0) is 22.7. The van der Waals surface area contributed by atoms with E-state index in [2.05, 4.69) is 11.8 Å². The van der Waals surface area contributed by atoms with Crippen LogP contribution >= 0.6 is 11.6 Å². The first-order valence-electron chi connectivity index (χ1n) is 11.0. The van der Waals surface area contributed by atoms with Crippen molar-refractivity contribution in [1.82, 2.24) is 4.90 Å². The van der Waals surface area contributed by atoms with Crippen LogP contribution in [0.25, 0.3) is 10.8 Å². The maximum Gasteiger partial charge on any atom is 0.138 e. The van der Waals surface area contributed by atoms with E-state index in [1.54, 1.807) is 19.2 Å². The van der Waals surface area contributed by atoms with Crippen LogP contribution in [0.2, 0.25) is 5.02 Å². The zero-order valence-electron chi connectivity index (χ0n) is 18.4. The number of aliphatic hydroxyl groups excluding tert-OH is 1. The Morgan fingerprint density at radius 2 is 1.81 bits per heavy atom. The molecule has 0 aliphatic carbocycles. The second kappa shape index (κ2) is 10.2. The van der Waals surface area contributed by atoms with E-state index < -0.39 is 6.10 Å². The fourth-order valence-electron chi connectivity index (χ4n) is 4.35. The number of rotatable bonds is 7. The van der Waals surface area contributed by atoms with Gasteiger partial charge in [-0.2, -0.15) is 0 Å². The number of methoxy groups -OCH3 is 1. The third kappa shape index (κ3) is 5.07. The Hall–Kier alpha value is -2.18. The molecule has 1 aliphatic heterocycles. The molecule has 3 aromatic rings. The van der Waals surface area contributed by atoms with Gasteiger partial charge in [0.25, 0.3) is 0 Å². The number of hydrogen-bond donors (Lipinski definition) is 1. The number of nitrogens with zero attached hydrogens (tertiary/aromatic N) is 1. The Morgan fingerprint density at radius 1 is 1.09 bits per heavy atom. The second-order valence-corrected chi connectivity index (χ2v) is 8.80. The van der Waals surface area contributed by atoms with Crippen molar-refractivity contribution >= 4 is 22.4 Å². The largest absolute Gasteiger partial charge is 0.495 e. The van der Waals surface area contributed by atoms with Crippen molar-refractivity contribution < 1.29 is 19.0 Å². The molecule has 1 N–H and O–H groups in total. The molecule has 1 saturated heterocycles. The summed E-state index contributed by atoms with van der Waals surface area (Å²) in [6.07, 6.45) is 1.40. The summed E-state index contributed by atoms with van der Waals surface area (Å²) in [5.74, 6) is 0.411. The van der Waals surface area contributed by atoms with E-state index in [0.717, 1.165) is 47.8 Å². The Labute approximate surface area is 193 Å². The highest BCUT2D eigenvalue weighted by atomic mass is 35.5. The summed E-state index contributed by atoms with van der Waals surface area (Å²) in [4.78, 5) is 2.31. The number of fused-ring (bicyclic) bond motifs is 1. The fraction of sp³-hybridized carbons (Fsp3) is 0.385. The van der Waals surface area contributed by atoms with Gasteiger partial charge in [-0.05, 0) is 60.5 Å². The first-order valence-corrected chi connectivity index (χ1v) is 11.4. The molecule has 32 heavy (non-hydrogen) atoms. The summed E-state index contributed by atoms with van der Waals surface area (Å²) in [7, 11) is 1.60. The number of hydrogen-bond acceptors (Lipinski definition) is 4. The van der Waals surface area contributed by atoms with Gasteiger partial charge < -0.3 is 14.6 Å². The molecule has 1 heterocycles. The quantitative estimate of drug-likeness (QED) is 0.491. The smallest absolute Gasteiger partial charge is 0.138 e. The van der Waals surface area contributed by atoms with Crippen molar-refractivity contribution in [2.45, 2.75) is 44.6 Å². The van der Waals surface area contributed by atoms with E-state index in [1.165, 1.54) is 12.1 Å². The SMILES string of the molecule is COc1ccc2cc([C@H](O)[C@H](C)N3CCC(OCc4ccc(F)cc4)CC3)ccc2c1Cl. The molecule has 0 saturated carbocycles. The van der Waals surface area contributed by atoms with Gasteiger partial charge in [-0.25, -0.2) is 4.39 Å². The number of aliphatic hydroxyl groups is 1. The highest BCUT2D eigenvalue weighted by Crippen LogP contribution is 2.35. The van der Waals surface area contributed by atoms with Gasteiger partial charge in [0.2, 0.25) is 0 Å². The third-order valence-electron chi connectivity index (χ3n) is 6.41. The van der Waals surface area contributed by atoms with Crippen LogP contribution in [0.4, 0.5) is 4.39 Å². The molecule has 1 aliphatic rings. The molecule has 0 amide bonds. The average Bonchev–Trinajstić information content (AvgIpc) is 2.83. The Kier molecular flexibility index (Phi) is 7.31. The normalized spacial score (nSPS) is 17.4. The van der Waals surface area contributed by atoms with Gasteiger partial charge in [-0.3, -0.25) is 4.90 Å². The van der Waals surface area contributed by atoms with E-state index in [1.807, 2.05) is 30.3 Å². The van der Waals surface area contributed by atoms with Gasteiger partial charge in [0.1, 0.15) is 11.6 Å². The minimum atomic E-state index is -0.600. The van der Waals surface area contributed by atoms with Crippen LogP contribution in [-0.4, -0.2) is 42.4 Å². The van der Waals surface area contributed by atoms with Crippen LogP contribution in [0.3, 0.4) is 0 Å². The highest BCUT2D eigenvalue weighted by Gasteiger charge is 2.28. The lowest BCUT2D eigenvalue weighted by Gasteiger charge is -2.38. The van der Waals surface area contributed by atoms with Crippen LogP contribution in [0.15, 0.2) is 54.6 Å². The maximum atomic E-state index is 13.0. The van der Waals surface area contributed by atoms with Gasteiger partial charge in [0, 0.05) is 24.5 Å². The van der Waals surface area contributed by atoms with Crippen LogP contribution in [-0.2, 0) is 11.3 Å². The second-order valence-electron chi connectivity index (χ2n) is 8.42. The topological polar surface area (TPSA) is 41.9 Å². The summed E-state index contributed by atoms with van der Waals surface area (Å²) in [6, 6.07) is 16.1. The molecule has 1 fully saturated rings. The van der Waals surface area contributed by atoms with Crippen molar-refractivity contribution in [3.05, 3.63) is 76.6 Å². The minimum Gasteiger partial charge on any atom is -0.495 e. The van der Waals surface area contributed by atoms with E-state index in [4.69, 9.17) is 21.1 Å². The molecule has 3 aromatic carbocycles. The molecule has 6 heteroatoms. The van der Waals surface area contributed by atoms with Crippen molar-refractivity contribution in [3.8, 4) is 5.75 Å². The van der Waals surface area contributed by atoms with Crippen LogP contribution in [0, 0.1) is 5.82 Å². The van der Waals surface area contributed by atoms with Crippen molar-refractivity contribution in [1.29, 1.82) is 0 Å². The number of piperidine rings is 1. The minimum absolute atomic E-state index is 0.0146. The van der Waals surface area contributed by atoms with Crippen molar-refractivity contribution in [3.63, 3.8) is 0 Å². The summed E-state index contributed by atoms with van der Waals surface area (Å²) >= 11 is 6.42. The lowest BCUT2D eigenvalue weighted by atomic mass is 9.97. The maximum absolute atomic E-state index is 13.0. The Bertz CT molecular complexity index is 1050. The van der Waals surface area contributed by atoms with Gasteiger partial charge in [-0.1, -0.05) is 41.9 Å². The van der Waals surface area contributed by atoms with E-state index in [9.17, 15) is 9.50 Å². The summed E-state index contributed by atoms with van der Waals surface area (Å²) < 4.78 is 24.4. The lowest BCUT2D eigenvalue weighted by molar-refractivity contribution is -0.0269. The molecule has 0 spiro atoms. The predicted octanol–water partition coefficient (Wildman–Crippen LogP) is 5.74. The molecule has 0 bridgehead atoms. The Morgan fingerprint density at radius 3 is 2.50 bits per heavy atom. The van der Waals surface area contributed by atoms with E-state index >= 15 is 0 Å². The fourth-order valence-corrected chi connectivity index (χ4v) is 4.67. The molecular weight excluding hydrogens is 429 g/mol. The molecule has 2 atom stereocenters. The lowest BCUT2D eigenvalue weighted by Crippen LogP contribution is -2.44. The first kappa shape index (κ1) is 23.0. The average molecular weight is 458 g/mol. The van der Waals surface area contributed by atoms with Crippen LogP contribution in [0.5, 0.6) is 5.75 Å². The van der Waals surface area contributed by atoms with E-state index in [-0.39, 0.29) is 18.0 Å². The molecular formula is C26H29ClFNO3. The number of halogens is 2. The summed E-state index contributed by atoms with van der Waals surface area (Å²) in [5.41, 5.74) is 1.85. The van der Waals surface area contributed by atoms with Crippen molar-refractivity contribution in [2.24, 2.45) is 0 Å². The predicted molar refractivity (Wildman–Crippen MR) is 126 cm³/mol. The molecule has 0 radical (unpaired) electrons. The van der Waals surface area contributed by atoms with Gasteiger partial charge in [0.15, 0.2) is 0 Å². The van der Waals surface area contributed by atoms with Gasteiger partial charge in [-0.15, -0.1) is 0 Å². The Balaban J connectivity index is 1.34. The van der Waals surface area contributed by atoms with E-state index in [0.29, 0.717) is 17.4 Å². The number of ether oxygens (including phenoxy) is 2. The standard InChI is InChI=1S/C26H29ClFNO3/c1-17(26(30)20-5-9-23-19(15-20)6-10-24(31-2)25(23)27)29-13-11-22(12-14-29)32-16-18-3-7-21(28)8-4-18/h3-10,15,17,22,26,30H,11-14,16H2,1-2H3/t17-,26+/m0/s1. The third-order valence-corrected chi connectivity index (χ3v) is 6.80. The molecule has 170 valence electrons. The first-order chi connectivity index (χ1) is 15.5. The molecule has 0 unspecified atom stereocenters. The summed E-state index contributed by atoms with van der Waals surface area (Å²) in [5, 5.41) is 13.5. The molecule has 4 nitrogen and oxygen atoms in total. The van der Waals surface area contributed by atoms with Crippen LogP contribution < -0.4 is 4.74 Å².